The number of anilines is 7. The number of nitrogens with zero attached hydrogens (tertiary/aromatic N) is 10. The van der Waals surface area contributed by atoms with E-state index < -0.39 is 0 Å². The van der Waals surface area contributed by atoms with E-state index in [2.05, 4.69) is 71.5 Å². The molecule has 392 valence electrons. The first-order valence-electron chi connectivity index (χ1n) is 26.5. The van der Waals surface area contributed by atoms with Gasteiger partial charge in [0.1, 0.15) is 23.5 Å². The maximum Gasteiger partial charge on any atom is 0.251 e. The molecule has 10 rings (SSSR count). The van der Waals surface area contributed by atoms with E-state index in [1.54, 1.807) is 53.5 Å². The SMILES string of the molecule is CC[C@@H]1C(=O)N(C)c2cnc(Cl)nc2N1C1CCCC1.CC[C@@H]1C(=O)N(C)c2cnc(Nc3ccc(C(=O)NC4CCN(C)CC4)cc3)nc2N1C1CCCC1.CN1CCC(NC(=O)c2ccc(N)cc2)CC1. The number of halogens is 1. The average molecular weight is 1020 g/mol. The molecular weight excluding hydrogens is 944 g/mol. The summed E-state index contributed by atoms with van der Waals surface area (Å²) in [7, 11) is 7.81. The number of hydrogen-bond donors (Lipinski definition) is 4. The maximum atomic E-state index is 13.1. The highest BCUT2D eigenvalue weighted by atomic mass is 35.5. The van der Waals surface area contributed by atoms with Gasteiger partial charge in [0.25, 0.3) is 11.8 Å². The molecule has 73 heavy (non-hydrogen) atoms. The van der Waals surface area contributed by atoms with Crippen molar-refractivity contribution in [3.8, 4) is 0 Å². The zero-order valence-electron chi connectivity index (χ0n) is 43.5. The summed E-state index contributed by atoms with van der Waals surface area (Å²) in [6.45, 7) is 8.23. The number of nitrogen functional groups attached to an aromatic ring is 1. The van der Waals surface area contributed by atoms with E-state index in [-0.39, 0.29) is 47.0 Å². The summed E-state index contributed by atoms with van der Waals surface area (Å²) in [5.41, 5.74) is 9.92. The highest BCUT2D eigenvalue weighted by molar-refractivity contribution is 6.28. The van der Waals surface area contributed by atoms with Crippen LogP contribution >= 0.6 is 11.6 Å². The third-order valence-electron chi connectivity index (χ3n) is 15.5. The van der Waals surface area contributed by atoms with E-state index in [9.17, 15) is 19.2 Å². The molecule has 2 aromatic carbocycles. The van der Waals surface area contributed by atoms with Gasteiger partial charge in [0, 0.05) is 60.8 Å². The Morgan fingerprint density at radius 2 is 1.01 bits per heavy atom. The highest BCUT2D eigenvalue weighted by Crippen LogP contribution is 2.41. The number of carbonyl (C=O) groups is 4. The summed E-state index contributed by atoms with van der Waals surface area (Å²) in [6, 6.07) is 15.4. The van der Waals surface area contributed by atoms with Crippen molar-refractivity contribution >= 4 is 75.6 Å². The van der Waals surface area contributed by atoms with Crippen molar-refractivity contribution in [3.05, 3.63) is 77.3 Å². The van der Waals surface area contributed by atoms with Crippen LogP contribution in [0.3, 0.4) is 0 Å². The number of likely N-dealkylation sites (tertiary alicyclic amines) is 2. The first-order chi connectivity index (χ1) is 35.2. The van der Waals surface area contributed by atoms with Crippen LogP contribution in [0, 0.1) is 0 Å². The first-order valence-corrected chi connectivity index (χ1v) is 26.8. The molecule has 4 aliphatic heterocycles. The third kappa shape index (κ3) is 12.6. The van der Waals surface area contributed by atoms with E-state index in [0.29, 0.717) is 40.9 Å². The van der Waals surface area contributed by atoms with Gasteiger partial charge >= 0.3 is 0 Å². The van der Waals surface area contributed by atoms with Gasteiger partial charge in [-0.05, 0) is 165 Å². The average Bonchev–Trinajstić information content (AvgIpc) is 4.14. The highest BCUT2D eigenvalue weighted by Gasteiger charge is 2.43. The molecule has 0 bridgehead atoms. The molecule has 6 heterocycles. The van der Waals surface area contributed by atoms with Gasteiger partial charge < -0.3 is 51.1 Å². The largest absolute Gasteiger partial charge is 0.399 e. The number of hydrogen-bond acceptors (Lipinski definition) is 14. The van der Waals surface area contributed by atoms with Crippen molar-refractivity contribution in [3.63, 3.8) is 0 Å². The van der Waals surface area contributed by atoms with E-state index in [1.807, 2.05) is 38.2 Å². The number of amides is 4. The summed E-state index contributed by atoms with van der Waals surface area (Å²) in [4.78, 5) is 80.4. The van der Waals surface area contributed by atoms with Crippen molar-refractivity contribution < 1.29 is 19.2 Å². The van der Waals surface area contributed by atoms with Crippen LogP contribution in [0.25, 0.3) is 0 Å². The second kappa shape index (κ2) is 24.3. The lowest BCUT2D eigenvalue weighted by Crippen LogP contribution is -2.55. The van der Waals surface area contributed by atoms with Gasteiger partial charge in [-0.15, -0.1) is 0 Å². The maximum absolute atomic E-state index is 13.1. The summed E-state index contributed by atoms with van der Waals surface area (Å²) >= 11 is 5.97. The molecule has 2 saturated carbocycles. The van der Waals surface area contributed by atoms with Crippen LogP contribution in [0.1, 0.15) is 124 Å². The zero-order chi connectivity index (χ0) is 51.8. The number of nitrogens with two attached hydrogens (primary N) is 1. The van der Waals surface area contributed by atoms with E-state index in [4.69, 9.17) is 22.3 Å². The lowest BCUT2D eigenvalue weighted by molar-refractivity contribution is -0.120. The van der Waals surface area contributed by atoms with Gasteiger partial charge in [-0.25, -0.2) is 9.97 Å². The van der Waals surface area contributed by atoms with Crippen LogP contribution in [0.5, 0.6) is 0 Å². The Morgan fingerprint density at radius 1 is 0.603 bits per heavy atom. The Morgan fingerprint density at radius 3 is 1.45 bits per heavy atom. The molecule has 0 spiro atoms. The van der Waals surface area contributed by atoms with E-state index >= 15 is 0 Å². The lowest BCUT2D eigenvalue weighted by Gasteiger charge is -2.43. The smallest absolute Gasteiger partial charge is 0.251 e. The quantitative estimate of drug-likeness (QED) is 0.0913. The summed E-state index contributed by atoms with van der Waals surface area (Å²) in [5, 5.41) is 9.76. The standard InChI is InChI=1S/C27H37N7O2.C14H19ClN4O.C13H19N3O/c1-4-22-26(36)33(3)23-17-28-27(31-24(23)34(22)21-7-5-6-8-21)30-19-11-9-18(10-12-19)25(35)29-20-13-15-32(2)16-14-20;1-3-10-13(20)18(2)11-8-16-14(15)17-12(11)19(10)9-6-4-5-7-9;1-16-8-6-12(7-9-16)15-13(17)10-2-4-11(14)5-3-10/h9-12,17,20-22H,4-8,13-16H2,1-3H3,(H,29,35)(H,28,30,31);8-10H,3-7H2,1-2H3;2-5,12H,6-9,14H2,1H3,(H,15,17)/t22-;10-;/m11./s1. The van der Waals surface area contributed by atoms with Crippen molar-refractivity contribution in [1.29, 1.82) is 0 Å². The molecule has 5 N–H and O–H groups in total. The normalized spacial score (nSPS) is 21.2. The van der Waals surface area contributed by atoms with Crippen LogP contribution in [0.15, 0.2) is 60.9 Å². The Kier molecular flexibility index (Phi) is 17.7. The van der Waals surface area contributed by atoms with Crippen LogP contribution < -0.4 is 41.3 Å². The Labute approximate surface area is 435 Å². The lowest BCUT2D eigenvalue weighted by atomic mass is 10.0. The predicted octanol–water partition coefficient (Wildman–Crippen LogP) is 7.28. The Bertz CT molecular complexity index is 2520. The number of fused-ring (bicyclic) bond motifs is 2. The van der Waals surface area contributed by atoms with E-state index in [1.165, 1.54) is 25.7 Å². The number of nitrogens with one attached hydrogen (secondary N) is 3. The fourth-order valence-electron chi connectivity index (χ4n) is 11.1. The van der Waals surface area contributed by atoms with Crippen molar-refractivity contribution in [2.45, 2.75) is 140 Å². The van der Waals surface area contributed by atoms with Crippen molar-refractivity contribution in [1.82, 2.24) is 40.4 Å². The minimum atomic E-state index is -0.198. The molecule has 2 aromatic heterocycles. The monoisotopic (exact) mass is 1020 g/mol. The second-order valence-electron chi connectivity index (χ2n) is 20.5. The number of likely N-dealkylation sites (N-methyl/N-ethyl adjacent to an activating group) is 2. The minimum absolute atomic E-state index is 0.000414. The number of benzene rings is 2. The fraction of sp³-hybridized carbons (Fsp3) is 0.556. The molecule has 2 saturated heterocycles. The fourth-order valence-corrected chi connectivity index (χ4v) is 11.2. The first kappa shape index (κ1) is 53.2. The van der Waals surface area contributed by atoms with Gasteiger partial charge in [-0.1, -0.05) is 39.5 Å². The zero-order valence-corrected chi connectivity index (χ0v) is 44.3. The van der Waals surface area contributed by atoms with Crippen LogP contribution in [-0.4, -0.2) is 144 Å². The van der Waals surface area contributed by atoms with Crippen molar-refractivity contribution in [2.75, 3.05) is 85.0 Å². The van der Waals surface area contributed by atoms with Gasteiger partial charge in [-0.2, -0.15) is 9.97 Å². The molecule has 4 fully saturated rings. The van der Waals surface area contributed by atoms with Crippen LogP contribution in [-0.2, 0) is 9.59 Å². The molecule has 6 aliphatic rings. The van der Waals surface area contributed by atoms with Gasteiger partial charge in [-0.3, -0.25) is 19.2 Å². The molecule has 2 aliphatic carbocycles. The van der Waals surface area contributed by atoms with Crippen molar-refractivity contribution in [2.24, 2.45) is 0 Å². The number of aromatic nitrogens is 4. The summed E-state index contributed by atoms with van der Waals surface area (Å²) < 4.78 is 0. The van der Waals surface area contributed by atoms with Crippen LogP contribution in [0.4, 0.5) is 40.3 Å². The van der Waals surface area contributed by atoms with Gasteiger partial charge in [0.15, 0.2) is 11.6 Å². The molecule has 4 amide bonds. The molecular formula is C54H75ClN14O4. The molecule has 0 unspecified atom stereocenters. The van der Waals surface area contributed by atoms with Gasteiger partial charge in [0.05, 0.1) is 12.4 Å². The second-order valence-corrected chi connectivity index (χ2v) is 20.8. The topological polar surface area (TPSA) is 201 Å². The number of carbonyl (C=O) groups excluding carboxylic acids is 4. The molecule has 0 radical (unpaired) electrons. The third-order valence-corrected chi connectivity index (χ3v) is 15.7. The summed E-state index contributed by atoms with van der Waals surface area (Å²) in [5.74, 6) is 2.31. The summed E-state index contributed by atoms with van der Waals surface area (Å²) in [6.07, 6.45) is 18.1. The van der Waals surface area contributed by atoms with Crippen LogP contribution in [0.2, 0.25) is 5.28 Å². The van der Waals surface area contributed by atoms with Gasteiger partial charge in [0.2, 0.25) is 23.0 Å². The molecule has 18 nitrogen and oxygen atoms in total. The number of piperidine rings is 2. The van der Waals surface area contributed by atoms with E-state index in [0.717, 1.165) is 119 Å². The molecule has 4 aromatic rings. The minimum Gasteiger partial charge on any atom is -0.399 e. The Balaban J connectivity index is 0.000000162. The number of rotatable bonds is 10. The molecule has 19 heteroatoms. The Hall–Kier alpha value is -6.11. The predicted molar refractivity (Wildman–Crippen MR) is 290 cm³/mol. The molecule has 2 atom stereocenters.